The molecular weight excluding hydrogens is 620 g/mol. The zero-order chi connectivity index (χ0) is 36.2. The minimum Gasteiger partial charge on any atom is -0.459 e. The monoisotopic (exact) mass is 689 g/mol. The highest BCUT2D eigenvalue weighted by Gasteiger charge is 2.59. The molecule has 4 fully saturated rings. The van der Waals surface area contributed by atoms with Gasteiger partial charge in [-0.2, -0.15) is 0 Å². The van der Waals surface area contributed by atoms with Crippen molar-refractivity contribution in [2.45, 2.75) is 174 Å². The van der Waals surface area contributed by atoms with Gasteiger partial charge in [0.2, 0.25) is 0 Å². The molecule has 0 aromatic heterocycles. The van der Waals surface area contributed by atoms with Crippen LogP contribution in [0.5, 0.6) is 0 Å². The SMILES string of the molecule is C=CC1(C)CCC2C(=CCC3C(C)(OC(=O)CCC(O)CC(=O)OC4(C)CCCC5(C)C6CCC(C=C)(CC)CC6=CCC45)CCCC23C)C1. The number of rotatable bonds is 10. The summed E-state index contributed by atoms with van der Waals surface area (Å²) in [7, 11) is 0. The molecule has 0 spiro atoms. The lowest BCUT2D eigenvalue weighted by atomic mass is 9.47. The van der Waals surface area contributed by atoms with Crippen LogP contribution in [0.4, 0.5) is 0 Å². The minimum atomic E-state index is -0.933. The molecular formula is C45H68O5. The molecule has 0 saturated heterocycles. The maximum Gasteiger partial charge on any atom is 0.308 e. The molecule has 6 aliphatic carbocycles. The van der Waals surface area contributed by atoms with Gasteiger partial charge in [-0.3, -0.25) is 9.59 Å². The van der Waals surface area contributed by atoms with Gasteiger partial charge in [0.1, 0.15) is 11.2 Å². The molecule has 0 radical (unpaired) electrons. The van der Waals surface area contributed by atoms with Crippen LogP contribution in [0.25, 0.3) is 0 Å². The van der Waals surface area contributed by atoms with Crippen LogP contribution in [-0.2, 0) is 19.1 Å². The average Bonchev–Trinajstić information content (AvgIpc) is 3.06. The highest BCUT2D eigenvalue weighted by atomic mass is 16.6. The zero-order valence-electron chi connectivity index (χ0n) is 32.4. The molecule has 4 saturated carbocycles. The van der Waals surface area contributed by atoms with Crippen molar-refractivity contribution >= 4 is 11.9 Å². The topological polar surface area (TPSA) is 72.8 Å². The van der Waals surface area contributed by atoms with E-state index in [4.69, 9.17) is 9.47 Å². The Hall–Kier alpha value is -2.14. The molecule has 11 atom stereocenters. The van der Waals surface area contributed by atoms with Crippen molar-refractivity contribution in [1.82, 2.24) is 0 Å². The van der Waals surface area contributed by atoms with E-state index in [0.717, 1.165) is 70.6 Å². The summed E-state index contributed by atoms with van der Waals surface area (Å²) < 4.78 is 12.7. The molecule has 50 heavy (non-hydrogen) atoms. The van der Waals surface area contributed by atoms with E-state index >= 15 is 0 Å². The van der Waals surface area contributed by atoms with Gasteiger partial charge in [-0.1, -0.05) is 63.1 Å². The molecule has 0 heterocycles. The van der Waals surface area contributed by atoms with Crippen molar-refractivity contribution in [3.8, 4) is 0 Å². The summed E-state index contributed by atoms with van der Waals surface area (Å²) in [6.45, 7) is 22.1. The van der Waals surface area contributed by atoms with Gasteiger partial charge < -0.3 is 14.6 Å². The maximum absolute atomic E-state index is 13.4. The predicted octanol–water partition coefficient (Wildman–Crippen LogP) is 10.8. The third kappa shape index (κ3) is 6.64. The lowest BCUT2D eigenvalue weighted by Crippen LogP contribution is -2.56. The summed E-state index contributed by atoms with van der Waals surface area (Å²) in [6, 6.07) is 0. The van der Waals surface area contributed by atoms with Gasteiger partial charge in [-0.25, -0.2) is 0 Å². The Bertz CT molecular complexity index is 1410. The first-order valence-corrected chi connectivity index (χ1v) is 20.3. The summed E-state index contributed by atoms with van der Waals surface area (Å²) in [4.78, 5) is 26.8. The Labute approximate surface area is 303 Å². The quantitative estimate of drug-likeness (QED) is 0.183. The van der Waals surface area contributed by atoms with Crippen molar-refractivity contribution in [3.63, 3.8) is 0 Å². The number of esters is 2. The van der Waals surface area contributed by atoms with Crippen molar-refractivity contribution < 1.29 is 24.2 Å². The first-order valence-electron chi connectivity index (χ1n) is 20.3. The fourth-order valence-electron chi connectivity index (χ4n) is 12.9. The number of ether oxygens (including phenoxy) is 2. The Kier molecular flexibility index (Phi) is 10.3. The number of hydrogen-bond acceptors (Lipinski definition) is 5. The van der Waals surface area contributed by atoms with E-state index in [1.807, 2.05) is 0 Å². The first-order chi connectivity index (χ1) is 23.6. The average molecular weight is 689 g/mol. The van der Waals surface area contributed by atoms with Crippen molar-refractivity contribution in [3.05, 3.63) is 48.6 Å². The third-order valence-corrected chi connectivity index (χ3v) is 16.1. The van der Waals surface area contributed by atoms with E-state index in [9.17, 15) is 14.7 Å². The Morgan fingerprint density at radius 3 is 1.88 bits per heavy atom. The van der Waals surface area contributed by atoms with Gasteiger partial charge in [0, 0.05) is 18.3 Å². The van der Waals surface area contributed by atoms with Gasteiger partial charge in [-0.05, 0) is 150 Å². The summed E-state index contributed by atoms with van der Waals surface area (Å²) >= 11 is 0. The second kappa shape index (κ2) is 13.7. The van der Waals surface area contributed by atoms with Gasteiger partial charge in [0.05, 0.1) is 12.5 Å². The molecule has 1 N–H and O–H groups in total. The Balaban J connectivity index is 1.03. The fraction of sp³-hybridized carbons (Fsp3) is 0.778. The van der Waals surface area contributed by atoms with Gasteiger partial charge in [-0.15, -0.1) is 13.2 Å². The number of carbonyl (C=O) groups is 2. The standard InChI is InChI=1S/C45H68O5/c1-9-40(4)26-20-34-31(29-40)14-17-36-41(34,5)22-12-24-43(36,7)49-38(47)19-16-33(46)28-39(48)50-44(8)25-13-23-42(6)35-21-27-45(10-2,11-3)30-32(35)15-18-37(42)44/h9-10,14-15,33-37,46H,1-2,11-13,16-30H2,3-8H3. The number of aliphatic hydroxyl groups excluding tert-OH is 1. The lowest BCUT2D eigenvalue weighted by Gasteiger charge is -2.59. The van der Waals surface area contributed by atoms with Gasteiger partial charge >= 0.3 is 11.9 Å². The number of aliphatic hydroxyl groups is 1. The highest BCUT2D eigenvalue weighted by molar-refractivity contribution is 5.72. The van der Waals surface area contributed by atoms with Crippen LogP contribution in [0.3, 0.4) is 0 Å². The normalized spacial score (nSPS) is 44.5. The fourth-order valence-corrected chi connectivity index (χ4v) is 12.9. The largest absolute Gasteiger partial charge is 0.459 e. The van der Waals surface area contributed by atoms with Crippen LogP contribution < -0.4 is 0 Å². The van der Waals surface area contributed by atoms with E-state index in [1.165, 1.54) is 25.7 Å². The summed E-state index contributed by atoms with van der Waals surface area (Å²) in [5.41, 5.74) is 2.72. The van der Waals surface area contributed by atoms with E-state index in [0.29, 0.717) is 11.8 Å². The third-order valence-electron chi connectivity index (χ3n) is 16.1. The predicted molar refractivity (Wildman–Crippen MR) is 201 cm³/mol. The second-order valence-corrected chi connectivity index (χ2v) is 19.1. The lowest BCUT2D eigenvalue weighted by molar-refractivity contribution is -0.188. The molecule has 5 heteroatoms. The van der Waals surface area contributed by atoms with Crippen LogP contribution in [-0.4, -0.2) is 34.4 Å². The summed E-state index contributed by atoms with van der Waals surface area (Å²) in [5, 5.41) is 11.0. The molecule has 0 aromatic rings. The van der Waals surface area contributed by atoms with Gasteiger partial charge in [0.15, 0.2) is 0 Å². The van der Waals surface area contributed by atoms with Crippen LogP contribution in [0.2, 0.25) is 0 Å². The Morgan fingerprint density at radius 2 is 1.34 bits per heavy atom. The molecule has 0 aliphatic heterocycles. The van der Waals surface area contributed by atoms with Crippen LogP contribution in [0.15, 0.2) is 48.6 Å². The molecule has 6 rings (SSSR count). The van der Waals surface area contributed by atoms with Crippen molar-refractivity contribution in [2.75, 3.05) is 0 Å². The van der Waals surface area contributed by atoms with E-state index < -0.39 is 17.3 Å². The molecule has 0 amide bonds. The van der Waals surface area contributed by atoms with Crippen molar-refractivity contribution in [2.24, 2.45) is 45.3 Å². The number of allylic oxidation sites excluding steroid dienone is 6. The van der Waals surface area contributed by atoms with E-state index in [2.05, 4.69) is 79.0 Å². The van der Waals surface area contributed by atoms with Crippen LogP contribution >= 0.6 is 0 Å². The molecule has 5 nitrogen and oxygen atoms in total. The summed E-state index contributed by atoms with van der Waals surface area (Å²) in [5.74, 6) is 0.995. The first kappa shape index (κ1) is 37.6. The maximum atomic E-state index is 13.4. The second-order valence-electron chi connectivity index (χ2n) is 19.1. The highest BCUT2D eigenvalue weighted by Crippen LogP contribution is 2.64. The molecule has 6 aliphatic rings. The smallest absolute Gasteiger partial charge is 0.308 e. The van der Waals surface area contributed by atoms with Crippen LogP contribution in [0, 0.1) is 45.3 Å². The van der Waals surface area contributed by atoms with Gasteiger partial charge in [0.25, 0.3) is 0 Å². The van der Waals surface area contributed by atoms with Crippen molar-refractivity contribution in [1.29, 1.82) is 0 Å². The Morgan fingerprint density at radius 1 is 0.800 bits per heavy atom. The molecule has 278 valence electrons. The minimum absolute atomic E-state index is 0.0912. The summed E-state index contributed by atoms with van der Waals surface area (Å²) in [6.07, 6.45) is 24.6. The zero-order valence-corrected chi connectivity index (χ0v) is 32.4. The number of hydrogen-bond donors (Lipinski definition) is 1. The van der Waals surface area contributed by atoms with Crippen LogP contribution in [0.1, 0.15) is 157 Å². The molecule has 11 unspecified atom stereocenters. The van der Waals surface area contributed by atoms with E-state index in [-0.39, 0.29) is 64.7 Å². The molecule has 0 aromatic carbocycles. The molecule has 0 bridgehead atoms. The number of fused-ring (bicyclic) bond motifs is 6. The van der Waals surface area contributed by atoms with E-state index in [1.54, 1.807) is 11.1 Å². The number of carbonyl (C=O) groups excluding carboxylic acids is 2.